The van der Waals surface area contributed by atoms with Crippen LogP contribution in [0.4, 0.5) is 0 Å². The maximum Gasteiger partial charge on any atom is 0.190 e. The van der Waals surface area contributed by atoms with Gasteiger partial charge in [-0.3, -0.25) is 19.2 Å². The molecule has 8 aliphatic carbocycles. The quantitative estimate of drug-likeness (QED) is 0.250. The van der Waals surface area contributed by atoms with Crippen LogP contribution in [0.1, 0.15) is 124 Å². The molecule has 0 heterocycles. The molecule has 15 atom stereocenters. The van der Waals surface area contributed by atoms with Gasteiger partial charge in [-0.1, -0.05) is 33.3 Å². The van der Waals surface area contributed by atoms with Crippen molar-refractivity contribution in [2.75, 3.05) is 13.2 Å². The van der Waals surface area contributed by atoms with E-state index in [2.05, 4.69) is 13.8 Å². The summed E-state index contributed by atoms with van der Waals surface area (Å²) in [6.07, 6.45) is 10.8. The molecule has 0 aromatic heterocycles. The highest BCUT2D eigenvalue weighted by Gasteiger charge is 2.70. The minimum absolute atomic E-state index is 0.0285. The molecule has 10 heteroatoms. The number of carbonyl (C=O) groups is 4. The summed E-state index contributed by atoms with van der Waals surface area (Å²) in [6.45, 7) is 7.01. The lowest BCUT2D eigenvalue weighted by Crippen LogP contribution is -2.63. The van der Waals surface area contributed by atoms with Crippen molar-refractivity contribution >= 4 is 23.1 Å². The molecule has 10 nitrogen and oxygen atoms in total. The van der Waals surface area contributed by atoms with Crippen molar-refractivity contribution in [3.63, 3.8) is 0 Å². The van der Waals surface area contributed by atoms with Crippen molar-refractivity contribution in [3.05, 3.63) is 11.6 Å². The number of aliphatic hydroxyl groups excluding tert-OH is 4. The summed E-state index contributed by atoms with van der Waals surface area (Å²) in [5.41, 5.74) is -3.47. The third-order valence-electron chi connectivity index (χ3n) is 17.8. The van der Waals surface area contributed by atoms with Gasteiger partial charge >= 0.3 is 0 Å². The number of fused-ring (bicyclic) bond motifs is 10. The number of carbonyl (C=O) groups excluding carboxylic acids is 4. The summed E-state index contributed by atoms with van der Waals surface area (Å²) >= 11 is 0. The molecule has 52 heavy (non-hydrogen) atoms. The second-order valence-electron chi connectivity index (χ2n) is 19.5. The Bertz CT molecular complexity index is 1540. The van der Waals surface area contributed by atoms with Crippen LogP contribution in [0, 0.1) is 63.1 Å². The van der Waals surface area contributed by atoms with Gasteiger partial charge < -0.3 is 30.6 Å². The third-order valence-corrected chi connectivity index (χ3v) is 17.8. The highest BCUT2D eigenvalue weighted by molar-refractivity contribution is 5.92. The van der Waals surface area contributed by atoms with Gasteiger partial charge in [-0.25, -0.2) is 0 Å². The first-order chi connectivity index (χ1) is 24.3. The Morgan fingerprint density at radius 2 is 1.23 bits per heavy atom. The van der Waals surface area contributed by atoms with E-state index < -0.39 is 59.0 Å². The van der Waals surface area contributed by atoms with E-state index in [1.807, 2.05) is 13.8 Å². The molecule has 8 rings (SSSR count). The van der Waals surface area contributed by atoms with Crippen LogP contribution >= 0.6 is 0 Å². The highest BCUT2D eigenvalue weighted by Crippen LogP contribution is 2.69. The number of hydrogen-bond acceptors (Lipinski definition) is 10. The molecule has 0 bridgehead atoms. The molecule has 8 aliphatic rings. The van der Waals surface area contributed by atoms with Crippen molar-refractivity contribution in [1.82, 2.24) is 0 Å². The van der Waals surface area contributed by atoms with Gasteiger partial charge in [-0.15, -0.1) is 0 Å². The molecule has 0 unspecified atom stereocenters. The molecule has 6 N–H and O–H groups in total. The predicted octanol–water partition coefficient (Wildman–Crippen LogP) is 3.64. The van der Waals surface area contributed by atoms with Crippen molar-refractivity contribution in [1.29, 1.82) is 0 Å². The summed E-state index contributed by atoms with van der Waals surface area (Å²) in [7, 11) is 0. The highest BCUT2D eigenvalue weighted by atomic mass is 16.3. The zero-order valence-corrected chi connectivity index (χ0v) is 31.6. The predicted molar refractivity (Wildman–Crippen MR) is 190 cm³/mol. The summed E-state index contributed by atoms with van der Waals surface area (Å²) in [4.78, 5) is 48.6. The van der Waals surface area contributed by atoms with E-state index in [0.29, 0.717) is 56.6 Å². The van der Waals surface area contributed by atoms with Gasteiger partial charge in [0.2, 0.25) is 0 Å². The maximum absolute atomic E-state index is 12.4. The van der Waals surface area contributed by atoms with Crippen molar-refractivity contribution in [2.45, 2.75) is 147 Å². The number of Topliss-reactive ketones (excluding diaryl/α,β-unsaturated/α-hetero) is 3. The van der Waals surface area contributed by atoms with Crippen LogP contribution in [0.3, 0.4) is 0 Å². The van der Waals surface area contributed by atoms with Gasteiger partial charge in [-0.2, -0.15) is 0 Å². The Labute approximate surface area is 307 Å². The number of allylic oxidation sites excluding steroid dienone is 1. The van der Waals surface area contributed by atoms with Crippen LogP contribution in [0.5, 0.6) is 0 Å². The zero-order valence-electron chi connectivity index (χ0n) is 31.6. The fourth-order valence-electron chi connectivity index (χ4n) is 15.0. The van der Waals surface area contributed by atoms with E-state index in [1.54, 1.807) is 6.08 Å². The largest absolute Gasteiger partial charge is 0.393 e. The molecule has 7 saturated carbocycles. The molecule has 0 amide bonds. The Morgan fingerprint density at radius 3 is 1.79 bits per heavy atom. The van der Waals surface area contributed by atoms with E-state index in [0.717, 1.165) is 51.4 Å². The van der Waals surface area contributed by atoms with Crippen LogP contribution in [-0.2, 0) is 19.2 Å². The average Bonchev–Trinajstić information content (AvgIpc) is 3.53. The normalized spacial score (nSPS) is 52.0. The molecule has 0 radical (unpaired) electrons. The van der Waals surface area contributed by atoms with Crippen LogP contribution < -0.4 is 0 Å². The molecule has 0 aromatic rings. The lowest BCUT2D eigenvalue weighted by atomic mass is 9.43. The monoisotopic (exact) mass is 726 g/mol. The second kappa shape index (κ2) is 12.9. The second-order valence-corrected chi connectivity index (χ2v) is 19.5. The van der Waals surface area contributed by atoms with E-state index in [1.165, 1.54) is 5.57 Å². The van der Waals surface area contributed by atoms with Crippen molar-refractivity contribution in [2.24, 2.45) is 63.1 Å². The molecular weight excluding hydrogens is 664 g/mol. The van der Waals surface area contributed by atoms with Gasteiger partial charge in [0.15, 0.2) is 17.3 Å². The van der Waals surface area contributed by atoms with Crippen molar-refractivity contribution < 1.29 is 49.8 Å². The van der Waals surface area contributed by atoms with Gasteiger partial charge in [0, 0.05) is 30.1 Å². The standard InChI is InChI=1S/C21H32O5.C21H30O5/c2*1-19-7-5-13(23)9-12(19)3-4-14-15-6-8-21(26,17(25)11-22)20(15,2)10-16(24)18(14)19/h12,14-16,18,22,24,26H,3-11H2,1-2H3;9,14-16,18,22,24,26H,3-8,10-11H2,1-2H3/t12-,14+,15+,16+,18-,19+,20+,21+;14-,15-,16-,18+,19-,20-,21-/m10/s1. The summed E-state index contributed by atoms with van der Waals surface area (Å²) in [5.74, 6) is 0.940. The smallest absolute Gasteiger partial charge is 0.190 e. The fraction of sp³-hybridized carbons (Fsp3) is 0.857. The van der Waals surface area contributed by atoms with Gasteiger partial charge in [0.1, 0.15) is 30.2 Å². The minimum atomic E-state index is -1.54. The van der Waals surface area contributed by atoms with Crippen molar-refractivity contribution in [3.8, 4) is 0 Å². The van der Waals surface area contributed by atoms with E-state index in [9.17, 15) is 49.8 Å². The number of aliphatic hydroxyl groups is 6. The first-order valence-electron chi connectivity index (χ1n) is 20.2. The summed E-state index contributed by atoms with van der Waals surface area (Å²) in [6, 6.07) is 0. The SMILES string of the molecule is C[C@]12CCC(=O)C=C1CC[C@@H]1[C@@H]2[C@@H](O)C[C@@]2(C)[C@H]1CC[C@]2(O)C(=O)CO.C[C@]12CCC(=O)C[C@H]1CC[C@@H]1[C@@H]2[C@@H](O)C[C@@]2(C)[C@H]1CC[C@]2(O)C(=O)CO. The lowest BCUT2D eigenvalue weighted by Gasteiger charge is -2.62. The molecule has 0 aromatic carbocycles. The molecule has 7 fully saturated rings. The van der Waals surface area contributed by atoms with Crippen LogP contribution in [0.2, 0.25) is 0 Å². The first-order valence-corrected chi connectivity index (χ1v) is 20.2. The van der Waals surface area contributed by atoms with Gasteiger partial charge in [0.25, 0.3) is 0 Å². The fourth-order valence-corrected chi connectivity index (χ4v) is 15.0. The van der Waals surface area contributed by atoms with Gasteiger partial charge in [0.05, 0.1) is 12.2 Å². The number of hydrogen-bond donors (Lipinski definition) is 6. The minimum Gasteiger partial charge on any atom is -0.393 e. The summed E-state index contributed by atoms with van der Waals surface area (Å²) in [5, 5.41) is 63.5. The first kappa shape index (κ1) is 38.5. The molecule has 0 saturated heterocycles. The molecule has 0 aliphatic heterocycles. The summed E-state index contributed by atoms with van der Waals surface area (Å²) < 4.78 is 0. The van der Waals surface area contributed by atoms with E-state index >= 15 is 0 Å². The topological polar surface area (TPSA) is 190 Å². The number of ketones is 4. The van der Waals surface area contributed by atoms with Gasteiger partial charge in [-0.05, 0) is 135 Å². The molecule has 290 valence electrons. The third kappa shape index (κ3) is 5.16. The van der Waals surface area contributed by atoms with Crippen LogP contribution in [-0.4, -0.2) is 90.4 Å². The van der Waals surface area contributed by atoms with E-state index in [4.69, 9.17) is 0 Å². The van der Waals surface area contributed by atoms with Crippen LogP contribution in [0.15, 0.2) is 11.6 Å². The molecule has 0 spiro atoms. The lowest BCUT2D eigenvalue weighted by molar-refractivity contribution is -0.198. The Balaban J connectivity index is 0.000000162. The average molecular weight is 727 g/mol. The number of rotatable bonds is 4. The Morgan fingerprint density at radius 1 is 0.692 bits per heavy atom. The Hall–Kier alpha value is -1.82. The van der Waals surface area contributed by atoms with Crippen LogP contribution in [0.25, 0.3) is 0 Å². The maximum atomic E-state index is 12.4. The zero-order chi connectivity index (χ0) is 37.8. The Kier molecular flexibility index (Phi) is 9.52. The molecular formula is C42H62O10. The van der Waals surface area contributed by atoms with E-state index in [-0.39, 0.29) is 52.1 Å².